The largest absolute Gasteiger partial charge is 0.493 e. The lowest BCUT2D eigenvalue weighted by Crippen LogP contribution is -2.10. The van der Waals surface area contributed by atoms with Gasteiger partial charge < -0.3 is 8.92 Å². The minimum atomic E-state index is -4.04. The second-order valence-electron chi connectivity index (χ2n) is 6.68. The number of rotatable bonds is 8. The van der Waals surface area contributed by atoms with Gasteiger partial charge in [-0.05, 0) is 48.0 Å². The van der Waals surface area contributed by atoms with E-state index in [0.717, 1.165) is 11.3 Å². The van der Waals surface area contributed by atoms with E-state index in [9.17, 15) is 8.42 Å². The van der Waals surface area contributed by atoms with Gasteiger partial charge in [0.15, 0.2) is 11.5 Å². The van der Waals surface area contributed by atoms with Crippen LogP contribution in [0, 0.1) is 0 Å². The zero-order chi connectivity index (χ0) is 23.3. The first-order chi connectivity index (χ1) is 15.9. The first-order valence-electron chi connectivity index (χ1n) is 9.63. The maximum Gasteiger partial charge on any atom is 0.339 e. The smallest absolute Gasteiger partial charge is 0.339 e. The molecule has 1 N–H and O–H groups in total. The van der Waals surface area contributed by atoms with Crippen LogP contribution in [-0.2, 0) is 10.1 Å². The van der Waals surface area contributed by atoms with E-state index < -0.39 is 10.1 Å². The summed E-state index contributed by atoms with van der Waals surface area (Å²) in [6.07, 6.45) is 1.57. The van der Waals surface area contributed by atoms with Crippen molar-refractivity contribution in [1.82, 2.24) is 4.98 Å². The average Bonchev–Trinajstić information content (AvgIpc) is 3.29. The molecule has 7 nitrogen and oxygen atoms in total. The van der Waals surface area contributed by atoms with E-state index in [0.29, 0.717) is 15.7 Å². The van der Waals surface area contributed by atoms with Crippen LogP contribution in [0.5, 0.6) is 11.5 Å². The Morgan fingerprint density at radius 2 is 1.79 bits per heavy atom. The van der Waals surface area contributed by atoms with Crippen LogP contribution < -0.4 is 14.3 Å². The molecule has 0 bridgehead atoms. The van der Waals surface area contributed by atoms with Crippen molar-refractivity contribution >= 4 is 44.4 Å². The highest BCUT2D eigenvalue weighted by Gasteiger charge is 2.19. The molecule has 4 aromatic rings. The maximum atomic E-state index is 12.5. The highest BCUT2D eigenvalue weighted by molar-refractivity contribution is 7.87. The Morgan fingerprint density at radius 1 is 1.03 bits per heavy atom. The van der Waals surface area contributed by atoms with Crippen LogP contribution in [0.3, 0.4) is 0 Å². The topological polar surface area (TPSA) is 89.9 Å². The SMILES string of the molecule is COc1cc(/C=N\Nc2nc(-c3ccccc3)cs2)ccc1OS(=O)(=O)c1ccc(Cl)cc1. The average molecular weight is 500 g/mol. The first kappa shape index (κ1) is 22.8. The molecule has 168 valence electrons. The van der Waals surface area contributed by atoms with Gasteiger partial charge in [0.2, 0.25) is 5.13 Å². The van der Waals surface area contributed by atoms with Crippen LogP contribution in [0.2, 0.25) is 5.02 Å². The fourth-order valence-electron chi connectivity index (χ4n) is 2.83. The van der Waals surface area contributed by atoms with Gasteiger partial charge in [0.1, 0.15) is 4.90 Å². The summed E-state index contributed by atoms with van der Waals surface area (Å²) in [6, 6.07) is 20.4. The summed E-state index contributed by atoms with van der Waals surface area (Å²) < 4.78 is 35.6. The lowest BCUT2D eigenvalue weighted by atomic mass is 10.2. The molecular formula is C23H18ClN3O4S2. The zero-order valence-electron chi connectivity index (χ0n) is 17.3. The summed E-state index contributed by atoms with van der Waals surface area (Å²) in [5.41, 5.74) is 5.47. The van der Waals surface area contributed by atoms with Gasteiger partial charge in [-0.15, -0.1) is 11.3 Å². The highest BCUT2D eigenvalue weighted by Crippen LogP contribution is 2.31. The molecule has 1 heterocycles. The summed E-state index contributed by atoms with van der Waals surface area (Å²) in [7, 11) is -2.61. The molecule has 33 heavy (non-hydrogen) atoms. The second kappa shape index (κ2) is 10.0. The van der Waals surface area contributed by atoms with Crippen molar-refractivity contribution in [1.29, 1.82) is 0 Å². The standard InChI is InChI=1S/C23H18ClN3O4S2/c1-30-22-13-16(7-12-21(22)31-33(28,29)19-10-8-18(24)9-11-19)14-25-27-23-26-20(15-32-23)17-5-3-2-4-6-17/h2-15H,1H3,(H,26,27)/b25-14-. The van der Waals surface area contributed by atoms with Crippen molar-refractivity contribution in [2.24, 2.45) is 5.10 Å². The van der Waals surface area contributed by atoms with E-state index in [4.69, 9.17) is 20.5 Å². The van der Waals surface area contributed by atoms with Gasteiger partial charge in [-0.2, -0.15) is 13.5 Å². The van der Waals surface area contributed by atoms with Gasteiger partial charge in [-0.25, -0.2) is 4.98 Å². The molecule has 3 aromatic carbocycles. The van der Waals surface area contributed by atoms with Gasteiger partial charge in [0.05, 0.1) is 19.0 Å². The molecule has 0 unspecified atom stereocenters. The van der Waals surface area contributed by atoms with Crippen LogP contribution in [-0.4, -0.2) is 26.7 Å². The monoisotopic (exact) mass is 499 g/mol. The fourth-order valence-corrected chi connectivity index (χ4v) is 4.56. The Kier molecular flexibility index (Phi) is 6.93. The number of methoxy groups -OCH3 is 1. The zero-order valence-corrected chi connectivity index (χ0v) is 19.7. The van der Waals surface area contributed by atoms with Crippen molar-refractivity contribution in [2.45, 2.75) is 4.90 Å². The molecule has 0 atom stereocenters. The molecule has 0 aliphatic rings. The molecule has 1 aromatic heterocycles. The number of nitrogens with one attached hydrogen (secondary N) is 1. The number of thiazole rings is 1. The van der Waals surface area contributed by atoms with Crippen LogP contribution in [0.1, 0.15) is 5.56 Å². The van der Waals surface area contributed by atoms with E-state index in [1.807, 2.05) is 35.7 Å². The number of nitrogens with zero attached hydrogens (tertiary/aromatic N) is 2. The Bertz CT molecular complexity index is 1370. The lowest BCUT2D eigenvalue weighted by molar-refractivity contribution is 0.390. The molecular weight excluding hydrogens is 482 g/mol. The normalized spacial score (nSPS) is 11.5. The summed E-state index contributed by atoms with van der Waals surface area (Å²) in [6.45, 7) is 0. The summed E-state index contributed by atoms with van der Waals surface area (Å²) >= 11 is 7.26. The van der Waals surface area contributed by atoms with Crippen LogP contribution in [0.25, 0.3) is 11.3 Å². The minimum absolute atomic E-state index is 0.0119. The van der Waals surface area contributed by atoms with Crippen molar-refractivity contribution in [3.8, 4) is 22.8 Å². The van der Waals surface area contributed by atoms with Crippen LogP contribution in [0.15, 0.2) is 88.2 Å². The number of benzene rings is 3. The van der Waals surface area contributed by atoms with E-state index in [1.165, 1.54) is 48.8 Å². The summed E-state index contributed by atoms with van der Waals surface area (Å²) in [5.74, 6) is 0.307. The summed E-state index contributed by atoms with van der Waals surface area (Å²) in [5, 5.41) is 7.22. The van der Waals surface area contributed by atoms with Crippen molar-refractivity contribution < 1.29 is 17.3 Å². The number of hydrogen-bond acceptors (Lipinski definition) is 8. The summed E-state index contributed by atoms with van der Waals surface area (Å²) in [4.78, 5) is 4.50. The molecule has 0 aliphatic carbocycles. The molecule has 4 rings (SSSR count). The van der Waals surface area contributed by atoms with E-state index >= 15 is 0 Å². The predicted molar refractivity (Wildman–Crippen MR) is 131 cm³/mol. The third-order valence-electron chi connectivity index (χ3n) is 4.44. The van der Waals surface area contributed by atoms with E-state index in [1.54, 1.807) is 18.3 Å². The number of hydrazone groups is 1. The first-order valence-corrected chi connectivity index (χ1v) is 12.3. The third-order valence-corrected chi connectivity index (χ3v) is 6.68. The van der Waals surface area contributed by atoms with Gasteiger partial charge in [0.25, 0.3) is 0 Å². The molecule has 0 spiro atoms. The predicted octanol–water partition coefficient (Wildman–Crippen LogP) is 5.69. The quantitative estimate of drug-likeness (QED) is 0.190. The van der Waals surface area contributed by atoms with Crippen LogP contribution in [0.4, 0.5) is 5.13 Å². The lowest BCUT2D eigenvalue weighted by Gasteiger charge is -2.11. The van der Waals surface area contributed by atoms with E-state index in [-0.39, 0.29) is 16.4 Å². The van der Waals surface area contributed by atoms with Gasteiger partial charge in [-0.1, -0.05) is 41.9 Å². The Balaban J connectivity index is 1.45. The Hall–Kier alpha value is -3.40. The second-order valence-corrected chi connectivity index (χ2v) is 9.52. The molecule has 0 saturated heterocycles. The molecule has 0 saturated carbocycles. The van der Waals surface area contributed by atoms with E-state index in [2.05, 4.69) is 15.5 Å². The molecule has 0 aliphatic heterocycles. The Morgan fingerprint density at radius 3 is 2.52 bits per heavy atom. The van der Waals surface area contributed by atoms with Crippen molar-refractivity contribution in [3.05, 3.63) is 88.8 Å². The van der Waals surface area contributed by atoms with Gasteiger partial charge >= 0.3 is 10.1 Å². The fraction of sp³-hybridized carbons (Fsp3) is 0.0435. The number of hydrogen-bond donors (Lipinski definition) is 1. The maximum absolute atomic E-state index is 12.5. The molecule has 0 fully saturated rings. The van der Waals surface area contributed by atoms with Crippen LogP contribution >= 0.6 is 22.9 Å². The number of anilines is 1. The third kappa shape index (κ3) is 5.70. The number of aromatic nitrogens is 1. The molecule has 0 radical (unpaired) electrons. The van der Waals surface area contributed by atoms with Crippen molar-refractivity contribution in [3.63, 3.8) is 0 Å². The molecule has 0 amide bonds. The van der Waals surface area contributed by atoms with Gasteiger partial charge in [-0.3, -0.25) is 5.43 Å². The number of ether oxygens (including phenoxy) is 1. The highest BCUT2D eigenvalue weighted by atomic mass is 35.5. The number of halogens is 1. The Labute approximate surface area is 200 Å². The minimum Gasteiger partial charge on any atom is -0.493 e. The van der Waals surface area contributed by atoms with Crippen molar-refractivity contribution in [2.75, 3.05) is 12.5 Å². The molecule has 10 heteroatoms. The van der Waals surface area contributed by atoms with Gasteiger partial charge in [0, 0.05) is 16.0 Å².